The summed E-state index contributed by atoms with van der Waals surface area (Å²) in [4.78, 5) is 30.6. The van der Waals surface area contributed by atoms with Crippen LogP contribution in [0.2, 0.25) is 0 Å². The first-order valence-corrected chi connectivity index (χ1v) is 11.0. The van der Waals surface area contributed by atoms with Crippen LogP contribution in [0, 0.1) is 0 Å². The van der Waals surface area contributed by atoms with E-state index in [4.69, 9.17) is 17.0 Å². The highest BCUT2D eigenvalue weighted by molar-refractivity contribution is 8.26. The molecule has 1 aromatic heterocycles. The van der Waals surface area contributed by atoms with Crippen LogP contribution in [0.1, 0.15) is 25.3 Å². The third kappa shape index (κ3) is 5.55. The number of aromatic nitrogens is 1. The van der Waals surface area contributed by atoms with Gasteiger partial charge >= 0.3 is 0 Å². The number of phenols is 1. The molecule has 1 saturated heterocycles. The topological polar surface area (TPSA) is 91.8 Å². The van der Waals surface area contributed by atoms with E-state index in [0.717, 1.165) is 5.56 Å². The second-order valence-corrected chi connectivity index (χ2v) is 8.55. The Balaban J connectivity index is 1.58. The average molecular weight is 450 g/mol. The molecule has 0 spiro atoms. The number of aromatic hydroxyl groups is 1. The standard InChI is InChI=1S/C19H19N3O4S3/c1-2-26-14-10-12(5-6-13(14)23)11-15-17(25)22(19(27)29-15)8-3-4-16(24)21-18-20-7-9-28-18/h5-7,9-11,23H,2-4,8H2,1H3,(H,20,21,24)/b15-11-. The number of benzene rings is 1. The lowest BCUT2D eigenvalue weighted by molar-refractivity contribution is -0.122. The summed E-state index contributed by atoms with van der Waals surface area (Å²) in [6.45, 7) is 2.62. The van der Waals surface area contributed by atoms with E-state index in [0.29, 0.717) is 39.7 Å². The zero-order valence-corrected chi connectivity index (χ0v) is 18.0. The molecule has 3 rings (SSSR count). The minimum atomic E-state index is -0.189. The lowest BCUT2D eigenvalue weighted by Crippen LogP contribution is -2.29. The maximum atomic E-state index is 12.7. The van der Waals surface area contributed by atoms with E-state index in [2.05, 4.69) is 10.3 Å². The molecular weight excluding hydrogens is 430 g/mol. The number of rotatable bonds is 8. The molecule has 7 nitrogen and oxygen atoms in total. The molecule has 0 aliphatic carbocycles. The first-order valence-electron chi connectivity index (χ1n) is 8.88. The van der Waals surface area contributed by atoms with Crippen LogP contribution in [-0.4, -0.2) is 44.3 Å². The van der Waals surface area contributed by atoms with Gasteiger partial charge in [0.1, 0.15) is 4.32 Å². The van der Waals surface area contributed by atoms with Crippen LogP contribution in [0.3, 0.4) is 0 Å². The first-order chi connectivity index (χ1) is 14.0. The fourth-order valence-corrected chi connectivity index (χ4v) is 4.45. The third-order valence-corrected chi connectivity index (χ3v) is 5.99. The van der Waals surface area contributed by atoms with E-state index in [1.807, 2.05) is 6.92 Å². The van der Waals surface area contributed by atoms with E-state index < -0.39 is 0 Å². The maximum Gasteiger partial charge on any atom is 0.266 e. The van der Waals surface area contributed by atoms with Crippen LogP contribution in [-0.2, 0) is 9.59 Å². The van der Waals surface area contributed by atoms with Gasteiger partial charge in [-0.15, -0.1) is 11.3 Å². The van der Waals surface area contributed by atoms with Gasteiger partial charge in [-0.05, 0) is 37.1 Å². The molecule has 0 bridgehead atoms. The van der Waals surface area contributed by atoms with Crippen molar-refractivity contribution in [2.45, 2.75) is 19.8 Å². The molecule has 0 atom stereocenters. The van der Waals surface area contributed by atoms with E-state index in [9.17, 15) is 14.7 Å². The summed E-state index contributed by atoms with van der Waals surface area (Å²) in [5, 5.41) is 14.9. The second-order valence-electron chi connectivity index (χ2n) is 5.98. The molecule has 10 heteroatoms. The molecule has 2 N–H and O–H groups in total. The van der Waals surface area contributed by atoms with Gasteiger partial charge in [0.05, 0.1) is 11.5 Å². The number of hydrogen-bond acceptors (Lipinski definition) is 8. The van der Waals surface area contributed by atoms with Crippen molar-refractivity contribution in [1.82, 2.24) is 9.88 Å². The number of carbonyl (C=O) groups is 2. The molecule has 1 aliphatic heterocycles. The highest BCUT2D eigenvalue weighted by Crippen LogP contribution is 2.34. The fourth-order valence-electron chi connectivity index (χ4n) is 2.60. The molecule has 152 valence electrons. The number of anilines is 1. The van der Waals surface area contributed by atoms with Crippen molar-refractivity contribution in [3.05, 3.63) is 40.2 Å². The van der Waals surface area contributed by atoms with Gasteiger partial charge in [-0.2, -0.15) is 0 Å². The average Bonchev–Trinajstić information content (AvgIpc) is 3.28. The number of phenolic OH excluding ortho intramolecular Hbond substituents is 1. The molecule has 0 saturated carbocycles. The Labute approximate surface area is 181 Å². The van der Waals surface area contributed by atoms with Crippen LogP contribution in [0.4, 0.5) is 5.13 Å². The van der Waals surface area contributed by atoms with Crippen molar-refractivity contribution in [2.75, 3.05) is 18.5 Å². The fraction of sp³-hybridized carbons (Fsp3) is 0.263. The SMILES string of the molecule is CCOc1cc(/C=C2\SC(=S)N(CCCC(=O)Nc3nccs3)C2=O)ccc1O. The highest BCUT2D eigenvalue weighted by atomic mass is 32.2. The van der Waals surface area contributed by atoms with E-state index in [1.165, 1.54) is 34.1 Å². The smallest absolute Gasteiger partial charge is 0.266 e. The van der Waals surface area contributed by atoms with Crippen LogP contribution in [0.25, 0.3) is 6.08 Å². The minimum Gasteiger partial charge on any atom is -0.504 e. The third-order valence-electron chi connectivity index (χ3n) is 3.92. The number of thioether (sulfide) groups is 1. The molecule has 0 unspecified atom stereocenters. The van der Waals surface area contributed by atoms with E-state index in [-0.39, 0.29) is 24.0 Å². The molecule has 2 amide bonds. The van der Waals surface area contributed by atoms with Crippen molar-refractivity contribution >= 4 is 62.7 Å². The van der Waals surface area contributed by atoms with Crippen LogP contribution in [0.5, 0.6) is 11.5 Å². The normalized spacial score (nSPS) is 15.2. The molecular formula is C19H19N3O4S3. The number of ether oxygens (including phenoxy) is 1. The molecule has 1 aromatic carbocycles. The van der Waals surface area contributed by atoms with Crippen molar-refractivity contribution < 1.29 is 19.4 Å². The minimum absolute atomic E-state index is 0.0487. The Hall–Kier alpha value is -2.43. The van der Waals surface area contributed by atoms with Gasteiger partial charge in [-0.3, -0.25) is 14.5 Å². The molecule has 1 aliphatic rings. The maximum absolute atomic E-state index is 12.7. The summed E-state index contributed by atoms with van der Waals surface area (Å²) in [5.74, 6) is 0.0791. The summed E-state index contributed by atoms with van der Waals surface area (Å²) >= 11 is 7.90. The lowest BCUT2D eigenvalue weighted by atomic mass is 10.2. The van der Waals surface area contributed by atoms with Gasteiger partial charge in [-0.25, -0.2) is 4.98 Å². The van der Waals surface area contributed by atoms with Gasteiger partial charge in [-0.1, -0.05) is 30.0 Å². The van der Waals surface area contributed by atoms with Gasteiger partial charge < -0.3 is 15.2 Å². The molecule has 2 heterocycles. The summed E-state index contributed by atoms with van der Waals surface area (Å²) in [6, 6.07) is 4.90. The predicted molar refractivity (Wildman–Crippen MR) is 119 cm³/mol. The highest BCUT2D eigenvalue weighted by Gasteiger charge is 2.31. The number of nitrogens with zero attached hydrogens (tertiary/aromatic N) is 2. The number of thiocarbonyl (C=S) groups is 1. The summed E-state index contributed by atoms with van der Waals surface area (Å²) in [7, 11) is 0. The predicted octanol–water partition coefficient (Wildman–Crippen LogP) is 3.87. The Morgan fingerprint density at radius 3 is 3.00 bits per heavy atom. The zero-order chi connectivity index (χ0) is 20.8. The van der Waals surface area contributed by atoms with Crippen molar-refractivity contribution in [3.63, 3.8) is 0 Å². The Morgan fingerprint density at radius 1 is 1.45 bits per heavy atom. The quantitative estimate of drug-likeness (QED) is 0.467. The van der Waals surface area contributed by atoms with Crippen molar-refractivity contribution in [3.8, 4) is 11.5 Å². The number of nitrogens with one attached hydrogen (secondary N) is 1. The largest absolute Gasteiger partial charge is 0.504 e. The van der Waals surface area contributed by atoms with E-state index >= 15 is 0 Å². The molecule has 2 aromatic rings. The summed E-state index contributed by atoms with van der Waals surface area (Å²) in [5.41, 5.74) is 0.731. The number of hydrogen-bond donors (Lipinski definition) is 2. The zero-order valence-electron chi connectivity index (χ0n) is 15.6. The van der Waals surface area contributed by atoms with Crippen molar-refractivity contribution in [2.24, 2.45) is 0 Å². The van der Waals surface area contributed by atoms with Gasteiger partial charge in [0.25, 0.3) is 5.91 Å². The Bertz CT molecular complexity index is 944. The number of thiazole rings is 1. The van der Waals surface area contributed by atoms with Gasteiger partial charge in [0, 0.05) is 24.5 Å². The monoisotopic (exact) mass is 449 g/mol. The van der Waals surface area contributed by atoms with Crippen LogP contribution in [0.15, 0.2) is 34.7 Å². The number of carbonyl (C=O) groups excluding carboxylic acids is 2. The molecule has 0 radical (unpaired) electrons. The molecule has 1 fully saturated rings. The Kier molecular flexibility index (Phi) is 7.24. The van der Waals surface area contributed by atoms with Crippen molar-refractivity contribution in [1.29, 1.82) is 0 Å². The second kappa shape index (κ2) is 9.86. The summed E-state index contributed by atoms with van der Waals surface area (Å²) in [6.07, 6.45) is 4.10. The summed E-state index contributed by atoms with van der Waals surface area (Å²) < 4.78 is 5.84. The Morgan fingerprint density at radius 2 is 2.28 bits per heavy atom. The van der Waals surface area contributed by atoms with E-state index in [1.54, 1.807) is 29.8 Å². The van der Waals surface area contributed by atoms with Crippen LogP contribution >= 0.6 is 35.3 Å². The van der Waals surface area contributed by atoms with Gasteiger partial charge in [0.2, 0.25) is 5.91 Å². The van der Waals surface area contributed by atoms with Gasteiger partial charge in [0.15, 0.2) is 16.6 Å². The van der Waals surface area contributed by atoms with Crippen LogP contribution < -0.4 is 10.1 Å². The lowest BCUT2D eigenvalue weighted by Gasteiger charge is -2.13. The molecule has 29 heavy (non-hydrogen) atoms. The first kappa shape index (κ1) is 21.3. The number of amides is 2.